The van der Waals surface area contributed by atoms with Crippen molar-refractivity contribution in [1.82, 2.24) is 20.3 Å². The van der Waals surface area contributed by atoms with E-state index in [9.17, 15) is 9.90 Å². The fourth-order valence-electron chi connectivity index (χ4n) is 11.8. The van der Waals surface area contributed by atoms with Crippen LogP contribution in [0.2, 0.25) is 18.6 Å². The summed E-state index contributed by atoms with van der Waals surface area (Å²) < 4.78 is 14.9. The number of aliphatic hydroxyl groups excluding tert-OH is 1. The van der Waals surface area contributed by atoms with Gasteiger partial charge < -0.3 is 29.7 Å². The van der Waals surface area contributed by atoms with E-state index < -0.39 is 19.2 Å². The zero-order valence-electron chi connectivity index (χ0n) is 38.2. The van der Waals surface area contributed by atoms with Gasteiger partial charge in [-0.3, -0.25) is 19.2 Å². The van der Waals surface area contributed by atoms with Gasteiger partial charge in [-0.25, -0.2) is 0 Å². The van der Waals surface area contributed by atoms with Crippen molar-refractivity contribution in [2.75, 3.05) is 48.2 Å². The number of carbonyl (C=O) groups excluding carboxylic acids is 2. The van der Waals surface area contributed by atoms with Crippen molar-refractivity contribution in [2.45, 2.75) is 81.1 Å². The molecule has 5 aromatic carbocycles. The quantitative estimate of drug-likeness (QED) is 0.116. The minimum Gasteiger partial charge on any atom is -0.497 e. The van der Waals surface area contributed by atoms with Crippen LogP contribution in [0.15, 0.2) is 140 Å². The van der Waals surface area contributed by atoms with Gasteiger partial charge in [-0.05, 0) is 91.5 Å². The number of carbonyl (C=O) groups is 2. The first-order valence-corrected chi connectivity index (χ1v) is 26.4. The smallest absolute Gasteiger partial charge is 0.264 e. The maximum Gasteiger partial charge on any atom is 0.264 e. The van der Waals surface area contributed by atoms with Crippen molar-refractivity contribution in [2.24, 2.45) is 5.92 Å². The second kappa shape index (κ2) is 17.6. The highest BCUT2D eigenvalue weighted by molar-refractivity contribution is 6.91. The van der Waals surface area contributed by atoms with E-state index in [-0.39, 0.29) is 41.9 Å². The zero-order valence-corrected chi connectivity index (χ0v) is 39.2. The summed E-state index contributed by atoms with van der Waals surface area (Å²) in [6.45, 7) is 9.79. The van der Waals surface area contributed by atoms with Crippen LogP contribution in [0.25, 0.3) is 0 Å². The lowest BCUT2D eigenvalue weighted by molar-refractivity contribution is -0.146. The molecule has 6 aromatic rings. The van der Waals surface area contributed by atoms with Crippen LogP contribution in [-0.4, -0.2) is 85.1 Å². The number of methoxy groups -OCH3 is 1. The number of aliphatic hydroxyl groups is 1. The zero-order chi connectivity index (χ0) is 45.6. The highest BCUT2D eigenvalue weighted by Gasteiger charge is 2.66. The van der Waals surface area contributed by atoms with Crippen LogP contribution < -0.4 is 29.9 Å². The third-order valence-corrected chi connectivity index (χ3v) is 19.5. The third kappa shape index (κ3) is 7.32. The van der Waals surface area contributed by atoms with Crippen LogP contribution in [0.3, 0.4) is 0 Å². The monoisotopic (exact) mass is 901 g/mol. The van der Waals surface area contributed by atoms with E-state index in [1.54, 1.807) is 7.11 Å². The molecule has 2 N–H and O–H groups in total. The molecule has 5 heterocycles. The second-order valence-electron chi connectivity index (χ2n) is 19.0. The molecule has 3 fully saturated rings. The van der Waals surface area contributed by atoms with Crippen LogP contribution in [-0.2, 0) is 33.0 Å². The first-order chi connectivity index (χ1) is 32.1. The number of hydrogen-bond donors (Lipinski definition) is 2. The number of rotatable bonds is 13. The Hall–Kier alpha value is -6.12. The number of benzene rings is 5. The maximum absolute atomic E-state index is 15.6. The van der Waals surface area contributed by atoms with E-state index in [1.807, 2.05) is 112 Å². The third-order valence-electron chi connectivity index (χ3n) is 15.2. The van der Waals surface area contributed by atoms with Crippen molar-refractivity contribution in [3.63, 3.8) is 0 Å². The average molecular weight is 902 g/mol. The molecule has 0 saturated carbocycles. The number of aromatic nitrogens is 3. The Labute approximate surface area is 388 Å². The molecular weight excluding hydrogens is 843 g/mol. The van der Waals surface area contributed by atoms with Crippen LogP contribution in [0.1, 0.15) is 54.5 Å². The predicted molar refractivity (Wildman–Crippen MR) is 260 cm³/mol. The number of nitrogens with one attached hydrogen (secondary N) is 1. The first-order valence-electron chi connectivity index (χ1n) is 23.3. The Morgan fingerprint density at radius 3 is 2.29 bits per heavy atom. The van der Waals surface area contributed by atoms with Gasteiger partial charge in [0.1, 0.15) is 11.3 Å². The van der Waals surface area contributed by atoms with E-state index in [0.29, 0.717) is 31.9 Å². The molecule has 10 rings (SSSR count). The SMILES string of the molecule is COc1ccc([Si](C)(C)[C@@H]2[C@@H](CCn3cc(C(CO)c4ccccc4)nn3)O[C@]3(C(=O)N(Cc4cccc(N5CN(c6ccccc6)C6(CCNCC6)C5=O)c4)c4ccccc43)[C@H]2C)cc1. The highest BCUT2D eigenvalue weighted by Crippen LogP contribution is 2.60. The van der Waals surface area contributed by atoms with Crippen molar-refractivity contribution in [1.29, 1.82) is 0 Å². The van der Waals surface area contributed by atoms with E-state index in [1.165, 1.54) is 5.19 Å². The standard InChI is InChI=1S/C53H59N7O5Si/c1-37-49(66(3,4)43-24-22-42(64-2)23-25-43)48(26-31-57-34-46(55-56-57)44(35-61)39-15-7-5-8-16-39)65-53(37)45-20-11-12-21-47(45)58(51(53)63)33-38-14-13-19-41(32-38)59-36-60(40-17-9-6-10-18-40)52(50(59)62)27-29-54-30-28-52/h5-25,32,34,37,44,48-49,54,61H,26-31,33,35-36H2,1-4H3/t37-,44?,48+,49-,53+/m0/s1. The Morgan fingerprint density at radius 2 is 1.56 bits per heavy atom. The molecule has 4 aliphatic rings. The molecule has 5 atom stereocenters. The Balaban J connectivity index is 0.961. The number of aryl methyl sites for hydroxylation is 1. The van der Waals surface area contributed by atoms with Gasteiger partial charge in [0.15, 0.2) is 5.60 Å². The Kier molecular flexibility index (Phi) is 11.7. The largest absolute Gasteiger partial charge is 0.497 e. The lowest BCUT2D eigenvalue weighted by atomic mass is 9.82. The van der Waals surface area contributed by atoms with Crippen molar-refractivity contribution in [3.8, 4) is 5.75 Å². The molecule has 3 saturated heterocycles. The van der Waals surface area contributed by atoms with Crippen molar-refractivity contribution in [3.05, 3.63) is 162 Å². The van der Waals surface area contributed by atoms with E-state index >= 15 is 4.79 Å². The van der Waals surface area contributed by atoms with Gasteiger partial charge >= 0.3 is 0 Å². The number of nitrogens with zero attached hydrogens (tertiary/aromatic N) is 6. The number of hydrogen-bond acceptors (Lipinski definition) is 9. The number of amides is 2. The molecule has 2 spiro atoms. The van der Waals surface area contributed by atoms with Crippen LogP contribution in [0, 0.1) is 5.92 Å². The average Bonchev–Trinajstić information content (AvgIpc) is 4.08. The van der Waals surface area contributed by atoms with E-state index in [2.05, 4.69) is 83.0 Å². The molecule has 340 valence electrons. The summed E-state index contributed by atoms with van der Waals surface area (Å²) in [4.78, 5) is 36.4. The molecule has 1 aromatic heterocycles. The summed E-state index contributed by atoms with van der Waals surface area (Å²) in [6.07, 6.45) is 3.72. The van der Waals surface area contributed by atoms with Crippen LogP contribution in [0.5, 0.6) is 5.75 Å². The summed E-state index contributed by atoms with van der Waals surface area (Å²) in [6, 6.07) is 44.8. The summed E-state index contributed by atoms with van der Waals surface area (Å²) >= 11 is 0. The van der Waals surface area contributed by atoms with E-state index in [0.717, 1.165) is 65.4 Å². The Morgan fingerprint density at radius 1 is 0.864 bits per heavy atom. The molecule has 66 heavy (non-hydrogen) atoms. The van der Waals surface area contributed by atoms with E-state index in [4.69, 9.17) is 9.47 Å². The molecule has 0 aliphatic carbocycles. The lowest BCUT2D eigenvalue weighted by Crippen LogP contribution is -2.55. The number of para-hydroxylation sites is 2. The number of piperidine rings is 1. The molecule has 12 nitrogen and oxygen atoms in total. The minimum atomic E-state index is -2.40. The van der Waals surface area contributed by atoms with Crippen LogP contribution >= 0.6 is 0 Å². The molecule has 1 unspecified atom stereocenters. The molecule has 0 bridgehead atoms. The van der Waals surface area contributed by atoms with Gasteiger partial charge in [-0.15, -0.1) is 5.10 Å². The molecule has 2 amide bonds. The van der Waals surface area contributed by atoms with Crippen molar-refractivity contribution >= 4 is 42.1 Å². The summed E-state index contributed by atoms with van der Waals surface area (Å²) in [5.41, 5.74) is 4.43. The van der Waals surface area contributed by atoms with Gasteiger partial charge in [0, 0.05) is 35.6 Å². The molecule has 4 aliphatic heterocycles. The molecular formula is C53H59N7O5Si. The van der Waals surface area contributed by atoms with Crippen molar-refractivity contribution < 1.29 is 24.2 Å². The highest BCUT2D eigenvalue weighted by atomic mass is 28.3. The van der Waals surface area contributed by atoms with Gasteiger partial charge in [-0.2, -0.15) is 0 Å². The van der Waals surface area contributed by atoms with Gasteiger partial charge in [0.05, 0.1) is 58.4 Å². The van der Waals surface area contributed by atoms with Gasteiger partial charge in [0.25, 0.3) is 11.8 Å². The van der Waals surface area contributed by atoms with Gasteiger partial charge in [-0.1, -0.05) is 121 Å². The number of anilines is 3. The summed E-state index contributed by atoms with van der Waals surface area (Å²) in [5, 5.41) is 24.2. The van der Waals surface area contributed by atoms with Crippen LogP contribution in [0.4, 0.5) is 17.1 Å². The second-order valence-corrected chi connectivity index (χ2v) is 23.7. The lowest BCUT2D eigenvalue weighted by Gasteiger charge is -2.39. The first kappa shape index (κ1) is 43.8. The summed E-state index contributed by atoms with van der Waals surface area (Å²) in [5.74, 6) is 0.398. The number of fused-ring (bicyclic) bond motifs is 2. The van der Waals surface area contributed by atoms with Gasteiger partial charge in [0.2, 0.25) is 0 Å². The fraction of sp³-hybridized carbons (Fsp3) is 0.358. The fourth-order valence-corrected chi connectivity index (χ4v) is 15.8. The topological polar surface area (TPSA) is 125 Å². The predicted octanol–water partition coefficient (Wildman–Crippen LogP) is 7.20. The summed E-state index contributed by atoms with van der Waals surface area (Å²) in [7, 11) is -0.717. The number of ether oxygens (including phenoxy) is 2. The Bertz CT molecular complexity index is 2690. The maximum atomic E-state index is 15.6. The minimum absolute atomic E-state index is 0.0414. The molecule has 0 radical (unpaired) electrons. The normalized spacial score (nSPS) is 23.0. The molecule has 13 heteroatoms.